The van der Waals surface area contributed by atoms with Crippen molar-refractivity contribution in [3.63, 3.8) is 0 Å². The fraction of sp³-hybridized carbons (Fsp3) is 0.0769. The average molecular weight is 441 g/mol. The summed E-state index contributed by atoms with van der Waals surface area (Å²) >= 11 is 6.44. The molecule has 8 heteroatoms. The van der Waals surface area contributed by atoms with Gasteiger partial charge in [-0.05, 0) is 52.7 Å². The SMILES string of the molecule is Cc1cc(Br)c(S(=O)(=O)Nc2ccc(F)c(F)c2)cc1Br. The summed E-state index contributed by atoms with van der Waals surface area (Å²) in [7, 11) is -3.93. The lowest BCUT2D eigenvalue weighted by Gasteiger charge is -2.11. The minimum absolute atomic E-state index is 0.00953. The molecule has 0 atom stereocenters. The molecule has 3 nitrogen and oxygen atoms in total. The van der Waals surface area contributed by atoms with Gasteiger partial charge in [-0.2, -0.15) is 0 Å². The zero-order chi connectivity index (χ0) is 15.8. The van der Waals surface area contributed by atoms with Crippen molar-refractivity contribution in [2.24, 2.45) is 0 Å². The average Bonchev–Trinajstić information content (AvgIpc) is 2.37. The van der Waals surface area contributed by atoms with Crippen molar-refractivity contribution in [2.45, 2.75) is 11.8 Å². The van der Waals surface area contributed by atoms with E-state index in [0.29, 0.717) is 8.95 Å². The van der Waals surface area contributed by atoms with Gasteiger partial charge in [0.1, 0.15) is 4.90 Å². The number of nitrogens with one attached hydrogen (secondary N) is 1. The molecule has 0 radical (unpaired) electrons. The fourth-order valence-electron chi connectivity index (χ4n) is 1.60. The van der Waals surface area contributed by atoms with Gasteiger partial charge in [-0.3, -0.25) is 4.72 Å². The second-order valence-electron chi connectivity index (χ2n) is 4.27. The molecule has 2 aromatic rings. The standard InChI is InChI=1S/C13H9Br2F2NO2S/c1-7-4-10(15)13(6-9(7)14)21(19,20)18-8-2-3-11(16)12(17)5-8/h2-6,18H,1H3. The maximum Gasteiger partial charge on any atom is 0.263 e. The third-order valence-corrected chi connectivity index (χ3v) is 5.87. The molecule has 21 heavy (non-hydrogen) atoms. The second-order valence-corrected chi connectivity index (χ2v) is 7.63. The lowest BCUT2D eigenvalue weighted by atomic mass is 10.2. The lowest BCUT2D eigenvalue weighted by molar-refractivity contribution is 0.509. The van der Waals surface area contributed by atoms with Crippen LogP contribution in [0.4, 0.5) is 14.5 Å². The number of halogens is 4. The number of benzene rings is 2. The molecule has 0 aromatic heterocycles. The van der Waals surface area contributed by atoms with Gasteiger partial charge in [0.15, 0.2) is 11.6 Å². The topological polar surface area (TPSA) is 46.2 Å². The quantitative estimate of drug-likeness (QED) is 0.758. The van der Waals surface area contributed by atoms with Crippen LogP contribution in [0.25, 0.3) is 0 Å². The number of sulfonamides is 1. The minimum atomic E-state index is -3.93. The minimum Gasteiger partial charge on any atom is -0.279 e. The molecule has 0 amide bonds. The zero-order valence-corrected chi connectivity index (χ0v) is 14.6. The van der Waals surface area contributed by atoms with E-state index in [0.717, 1.165) is 23.8 Å². The van der Waals surface area contributed by atoms with E-state index >= 15 is 0 Å². The van der Waals surface area contributed by atoms with Crippen molar-refractivity contribution in [2.75, 3.05) is 4.72 Å². The summed E-state index contributed by atoms with van der Waals surface area (Å²) in [6, 6.07) is 5.86. The molecule has 1 N–H and O–H groups in total. The van der Waals surface area contributed by atoms with Gasteiger partial charge < -0.3 is 0 Å². The molecule has 2 aromatic carbocycles. The third kappa shape index (κ3) is 3.61. The lowest BCUT2D eigenvalue weighted by Crippen LogP contribution is -2.14. The predicted molar refractivity (Wildman–Crippen MR) is 83.7 cm³/mol. The molecule has 0 aliphatic rings. The summed E-state index contributed by atoms with van der Waals surface area (Å²) in [6.07, 6.45) is 0. The number of hydrogen-bond acceptors (Lipinski definition) is 2. The van der Waals surface area contributed by atoms with Crippen LogP contribution in [0.3, 0.4) is 0 Å². The Morgan fingerprint density at radius 3 is 2.29 bits per heavy atom. The Morgan fingerprint density at radius 1 is 1.00 bits per heavy atom. The van der Waals surface area contributed by atoms with E-state index < -0.39 is 21.7 Å². The molecule has 0 spiro atoms. The van der Waals surface area contributed by atoms with E-state index in [2.05, 4.69) is 36.6 Å². The van der Waals surface area contributed by atoms with Crippen molar-refractivity contribution in [1.82, 2.24) is 0 Å². The Hall–Kier alpha value is -0.990. The molecule has 0 saturated carbocycles. The Balaban J connectivity index is 2.43. The van der Waals surface area contributed by atoms with E-state index in [4.69, 9.17) is 0 Å². The molecule has 0 heterocycles. The summed E-state index contributed by atoms with van der Waals surface area (Å²) in [5.74, 6) is -2.17. The van der Waals surface area contributed by atoms with E-state index in [1.165, 1.54) is 6.07 Å². The predicted octanol–water partition coefficient (Wildman–Crippen LogP) is 4.60. The maximum absolute atomic E-state index is 13.1. The summed E-state index contributed by atoms with van der Waals surface area (Å²) in [5, 5.41) is 0. The van der Waals surface area contributed by atoms with Crippen LogP contribution in [0.5, 0.6) is 0 Å². The van der Waals surface area contributed by atoms with Crippen LogP contribution < -0.4 is 4.72 Å². The van der Waals surface area contributed by atoms with Crippen LogP contribution in [0, 0.1) is 18.6 Å². The number of anilines is 1. The van der Waals surface area contributed by atoms with Crippen molar-refractivity contribution >= 4 is 47.6 Å². The molecule has 112 valence electrons. The first-order valence-corrected chi connectivity index (χ1v) is 8.71. The first kappa shape index (κ1) is 16.4. The molecule has 0 saturated heterocycles. The second kappa shape index (κ2) is 6.02. The highest BCUT2D eigenvalue weighted by atomic mass is 79.9. The molecule has 0 aliphatic carbocycles. The van der Waals surface area contributed by atoms with Gasteiger partial charge in [-0.25, -0.2) is 17.2 Å². The van der Waals surface area contributed by atoms with Crippen molar-refractivity contribution in [3.05, 3.63) is 56.5 Å². The largest absolute Gasteiger partial charge is 0.279 e. The van der Waals surface area contributed by atoms with E-state index in [1.54, 1.807) is 6.07 Å². The summed E-state index contributed by atoms with van der Waals surface area (Å²) in [4.78, 5) is -0.00953. The Bertz CT molecular complexity index is 810. The number of hydrogen-bond donors (Lipinski definition) is 1. The first-order valence-electron chi connectivity index (χ1n) is 5.64. The normalized spacial score (nSPS) is 11.5. The van der Waals surface area contributed by atoms with E-state index in [1.807, 2.05) is 6.92 Å². The molecular formula is C13H9Br2F2NO2S. The Labute approximate surface area is 137 Å². The third-order valence-electron chi connectivity index (χ3n) is 2.67. The van der Waals surface area contributed by atoms with Gasteiger partial charge in [0.05, 0.1) is 5.69 Å². The molecule has 2 rings (SSSR count). The van der Waals surface area contributed by atoms with Crippen LogP contribution in [0.1, 0.15) is 5.56 Å². The van der Waals surface area contributed by atoms with E-state index in [-0.39, 0.29) is 10.6 Å². The van der Waals surface area contributed by atoms with E-state index in [9.17, 15) is 17.2 Å². The number of rotatable bonds is 3. The van der Waals surface area contributed by atoms with Gasteiger partial charge in [-0.1, -0.05) is 15.9 Å². The van der Waals surface area contributed by atoms with Crippen LogP contribution in [0.15, 0.2) is 44.2 Å². The smallest absolute Gasteiger partial charge is 0.263 e. The molecule has 0 bridgehead atoms. The van der Waals surface area contributed by atoms with Gasteiger partial charge in [0, 0.05) is 15.0 Å². The summed E-state index contributed by atoms with van der Waals surface area (Å²) in [5.41, 5.74) is 0.797. The van der Waals surface area contributed by atoms with Crippen LogP contribution in [-0.2, 0) is 10.0 Å². The van der Waals surface area contributed by atoms with Gasteiger partial charge in [0.2, 0.25) is 0 Å². The van der Waals surface area contributed by atoms with Crippen LogP contribution in [-0.4, -0.2) is 8.42 Å². The highest BCUT2D eigenvalue weighted by molar-refractivity contribution is 9.11. The summed E-state index contributed by atoms with van der Waals surface area (Å²) < 4.78 is 53.8. The Kier molecular flexibility index (Phi) is 4.69. The van der Waals surface area contributed by atoms with Crippen LogP contribution in [0.2, 0.25) is 0 Å². The molecule has 0 fully saturated rings. The van der Waals surface area contributed by atoms with Crippen LogP contribution >= 0.6 is 31.9 Å². The van der Waals surface area contributed by atoms with Crippen molar-refractivity contribution < 1.29 is 17.2 Å². The van der Waals surface area contributed by atoms with Crippen molar-refractivity contribution in [3.8, 4) is 0 Å². The zero-order valence-electron chi connectivity index (χ0n) is 10.6. The molecule has 0 aliphatic heterocycles. The van der Waals surface area contributed by atoms with Gasteiger partial charge in [0.25, 0.3) is 10.0 Å². The highest BCUT2D eigenvalue weighted by Crippen LogP contribution is 2.30. The molecule has 0 unspecified atom stereocenters. The first-order chi connectivity index (χ1) is 9.70. The maximum atomic E-state index is 13.1. The molecular weight excluding hydrogens is 432 g/mol. The number of aryl methyl sites for hydroxylation is 1. The van der Waals surface area contributed by atoms with Crippen molar-refractivity contribution in [1.29, 1.82) is 0 Å². The van der Waals surface area contributed by atoms with Gasteiger partial charge in [-0.15, -0.1) is 0 Å². The Morgan fingerprint density at radius 2 is 1.67 bits per heavy atom. The van der Waals surface area contributed by atoms with Gasteiger partial charge >= 0.3 is 0 Å². The monoisotopic (exact) mass is 439 g/mol. The fourth-order valence-corrected chi connectivity index (χ4v) is 4.33. The highest BCUT2D eigenvalue weighted by Gasteiger charge is 2.19. The summed E-state index contributed by atoms with van der Waals surface area (Å²) in [6.45, 7) is 1.81.